The summed E-state index contributed by atoms with van der Waals surface area (Å²) in [6.45, 7) is 0. The number of hydrogen-bond donors (Lipinski definition) is 0. The summed E-state index contributed by atoms with van der Waals surface area (Å²) in [5, 5.41) is 2.76. The van der Waals surface area contributed by atoms with Crippen LogP contribution in [0.4, 0.5) is 0 Å². The second-order valence-electron chi connectivity index (χ2n) is 5.97. The molecule has 22 heavy (non-hydrogen) atoms. The number of carbonyl (C=O) groups is 2. The van der Waals surface area contributed by atoms with E-state index in [9.17, 15) is 9.59 Å². The molecular formula is C16H17N3O3. The largest absolute Gasteiger partial charge is 0.346 e. The van der Waals surface area contributed by atoms with Crippen LogP contribution in [0.2, 0.25) is 0 Å². The van der Waals surface area contributed by atoms with Gasteiger partial charge >= 0.3 is 0 Å². The molecule has 6 nitrogen and oxygen atoms in total. The second-order valence-corrected chi connectivity index (χ2v) is 5.97. The van der Waals surface area contributed by atoms with E-state index in [1.54, 1.807) is 12.1 Å². The molecule has 114 valence electrons. The van der Waals surface area contributed by atoms with Gasteiger partial charge in [0.1, 0.15) is 0 Å². The van der Waals surface area contributed by atoms with E-state index < -0.39 is 12.0 Å². The van der Waals surface area contributed by atoms with Crippen LogP contribution >= 0.6 is 0 Å². The van der Waals surface area contributed by atoms with Crippen molar-refractivity contribution in [3.8, 4) is 0 Å². The van der Waals surface area contributed by atoms with Crippen LogP contribution in [-0.2, 0) is 21.5 Å². The standard InChI is InChI=1S/C16H17N3O3/c1-17-10-7-5-4-6-9(10)8-11(17)13-12-14(22-19(13)3)16(21)18(2)15(12)20/h4-8,12-14H,1-3H3/t12-,13-,14+/m0/s1. The zero-order chi connectivity index (χ0) is 15.6. The van der Waals surface area contributed by atoms with E-state index in [0.29, 0.717) is 0 Å². The van der Waals surface area contributed by atoms with Gasteiger partial charge in [-0.15, -0.1) is 0 Å². The van der Waals surface area contributed by atoms with E-state index in [4.69, 9.17) is 4.84 Å². The molecule has 3 heterocycles. The zero-order valence-corrected chi connectivity index (χ0v) is 12.7. The number of benzene rings is 1. The van der Waals surface area contributed by atoms with E-state index in [0.717, 1.165) is 16.6 Å². The predicted octanol–water partition coefficient (Wildman–Crippen LogP) is 1.08. The van der Waals surface area contributed by atoms with Crippen molar-refractivity contribution in [3.05, 3.63) is 36.0 Å². The third kappa shape index (κ3) is 1.56. The van der Waals surface area contributed by atoms with Crippen LogP contribution in [-0.4, -0.2) is 46.5 Å². The van der Waals surface area contributed by atoms with Gasteiger partial charge in [0.2, 0.25) is 5.91 Å². The van der Waals surface area contributed by atoms with Crippen LogP contribution in [0.1, 0.15) is 11.7 Å². The summed E-state index contributed by atoms with van der Waals surface area (Å²) < 4.78 is 2.07. The Hall–Kier alpha value is -2.18. The van der Waals surface area contributed by atoms with Gasteiger partial charge in [0.15, 0.2) is 6.10 Å². The Bertz CT molecular complexity index is 797. The molecule has 0 spiro atoms. The van der Waals surface area contributed by atoms with Crippen molar-refractivity contribution < 1.29 is 14.4 Å². The van der Waals surface area contributed by atoms with E-state index in [-0.39, 0.29) is 17.9 Å². The molecule has 0 saturated carbocycles. The Morgan fingerprint density at radius 1 is 1.05 bits per heavy atom. The number of aromatic nitrogens is 1. The number of rotatable bonds is 1. The van der Waals surface area contributed by atoms with Crippen molar-refractivity contribution in [3.63, 3.8) is 0 Å². The lowest BCUT2D eigenvalue weighted by molar-refractivity contribution is -0.169. The molecule has 2 aliphatic heterocycles. The average Bonchev–Trinajstić information content (AvgIpc) is 3.08. The molecule has 0 unspecified atom stereocenters. The molecule has 2 saturated heterocycles. The first-order valence-electron chi connectivity index (χ1n) is 7.26. The molecule has 1 aromatic heterocycles. The van der Waals surface area contributed by atoms with Crippen molar-refractivity contribution in [2.45, 2.75) is 12.1 Å². The molecule has 2 aliphatic rings. The van der Waals surface area contributed by atoms with Gasteiger partial charge in [-0.25, -0.2) is 0 Å². The number of imide groups is 1. The summed E-state index contributed by atoms with van der Waals surface area (Å²) in [6.07, 6.45) is -0.703. The first-order chi connectivity index (χ1) is 10.5. The minimum Gasteiger partial charge on any atom is -0.346 e. The molecule has 1 aromatic carbocycles. The van der Waals surface area contributed by atoms with Crippen LogP contribution in [0.25, 0.3) is 10.9 Å². The fourth-order valence-corrected chi connectivity index (χ4v) is 3.65. The summed E-state index contributed by atoms with van der Waals surface area (Å²) in [5.74, 6) is -0.914. The number of hydrogen-bond acceptors (Lipinski definition) is 4. The molecule has 4 rings (SSSR count). The molecule has 0 N–H and O–H groups in total. The number of aryl methyl sites for hydroxylation is 1. The molecule has 2 amide bonds. The number of hydroxylamine groups is 2. The van der Waals surface area contributed by atoms with Gasteiger partial charge in [0.25, 0.3) is 5.91 Å². The number of amides is 2. The third-order valence-corrected chi connectivity index (χ3v) is 4.82. The fraction of sp³-hybridized carbons (Fsp3) is 0.375. The SMILES string of the molecule is CN1C(=O)[C@@H]2[C@@H](ON(C)[C@H]2c2cc3ccccc3n2C)C1=O. The minimum atomic E-state index is -0.703. The van der Waals surface area contributed by atoms with Gasteiger partial charge in [0.05, 0.1) is 12.0 Å². The van der Waals surface area contributed by atoms with Crippen molar-refractivity contribution in [2.24, 2.45) is 13.0 Å². The van der Waals surface area contributed by atoms with Gasteiger partial charge in [-0.2, -0.15) is 5.06 Å². The molecular weight excluding hydrogens is 282 g/mol. The molecule has 6 heteroatoms. The van der Waals surface area contributed by atoms with Gasteiger partial charge < -0.3 is 4.57 Å². The Balaban J connectivity index is 1.85. The molecule has 3 atom stereocenters. The van der Waals surface area contributed by atoms with Crippen LogP contribution < -0.4 is 0 Å². The zero-order valence-electron chi connectivity index (χ0n) is 12.7. The lowest BCUT2D eigenvalue weighted by atomic mass is 9.94. The molecule has 2 fully saturated rings. The van der Waals surface area contributed by atoms with Crippen molar-refractivity contribution >= 4 is 22.7 Å². The van der Waals surface area contributed by atoms with Crippen molar-refractivity contribution in [2.75, 3.05) is 14.1 Å². The van der Waals surface area contributed by atoms with Crippen LogP contribution in [0.3, 0.4) is 0 Å². The first kappa shape index (κ1) is 13.5. The summed E-state index contributed by atoms with van der Waals surface area (Å²) in [6, 6.07) is 9.87. The van der Waals surface area contributed by atoms with Gasteiger partial charge in [-0.3, -0.25) is 19.3 Å². The number of para-hydroxylation sites is 1. The lowest BCUT2D eigenvalue weighted by Crippen LogP contribution is -2.33. The Labute approximate surface area is 127 Å². The molecule has 2 aromatic rings. The van der Waals surface area contributed by atoms with Crippen LogP contribution in [0.5, 0.6) is 0 Å². The first-order valence-corrected chi connectivity index (χ1v) is 7.26. The van der Waals surface area contributed by atoms with E-state index in [1.165, 1.54) is 11.9 Å². The molecule has 0 radical (unpaired) electrons. The molecule has 0 bridgehead atoms. The van der Waals surface area contributed by atoms with Crippen molar-refractivity contribution in [1.29, 1.82) is 0 Å². The lowest BCUT2D eigenvalue weighted by Gasteiger charge is -2.23. The van der Waals surface area contributed by atoms with Gasteiger partial charge in [-0.1, -0.05) is 18.2 Å². The third-order valence-electron chi connectivity index (χ3n) is 4.82. The summed E-state index contributed by atoms with van der Waals surface area (Å²) in [4.78, 5) is 31.4. The monoisotopic (exact) mass is 299 g/mol. The number of nitrogens with zero attached hydrogens (tertiary/aromatic N) is 3. The van der Waals surface area contributed by atoms with Crippen LogP contribution in [0, 0.1) is 5.92 Å². The van der Waals surface area contributed by atoms with E-state index in [2.05, 4.69) is 10.6 Å². The Kier molecular flexibility index (Phi) is 2.70. The average molecular weight is 299 g/mol. The Morgan fingerprint density at radius 3 is 2.50 bits per heavy atom. The van der Waals surface area contributed by atoms with Crippen LogP contribution in [0.15, 0.2) is 30.3 Å². The van der Waals surface area contributed by atoms with Crippen molar-refractivity contribution in [1.82, 2.24) is 14.5 Å². The molecule has 0 aliphatic carbocycles. The maximum atomic E-state index is 12.4. The number of likely N-dealkylation sites (tertiary alicyclic amines) is 1. The number of fused-ring (bicyclic) bond motifs is 2. The summed E-state index contributed by atoms with van der Waals surface area (Å²) in [7, 11) is 5.27. The topological polar surface area (TPSA) is 54.8 Å². The minimum absolute atomic E-state index is 0.172. The quantitative estimate of drug-likeness (QED) is 0.740. The van der Waals surface area contributed by atoms with Gasteiger partial charge in [-0.05, 0) is 17.5 Å². The highest BCUT2D eigenvalue weighted by molar-refractivity contribution is 6.07. The maximum Gasteiger partial charge on any atom is 0.261 e. The highest BCUT2D eigenvalue weighted by Crippen LogP contribution is 2.44. The Morgan fingerprint density at radius 2 is 1.77 bits per heavy atom. The van der Waals surface area contributed by atoms with E-state index in [1.807, 2.05) is 31.3 Å². The van der Waals surface area contributed by atoms with E-state index >= 15 is 0 Å². The summed E-state index contributed by atoms with van der Waals surface area (Å²) >= 11 is 0. The highest BCUT2D eigenvalue weighted by atomic mass is 16.7. The predicted molar refractivity (Wildman–Crippen MR) is 79.6 cm³/mol. The highest BCUT2D eigenvalue weighted by Gasteiger charge is 2.58. The fourth-order valence-electron chi connectivity index (χ4n) is 3.65. The maximum absolute atomic E-state index is 12.4. The summed E-state index contributed by atoms with van der Waals surface area (Å²) in [5.41, 5.74) is 2.08. The van der Waals surface area contributed by atoms with Gasteiger partial charge in [0, 0.05) is 32.4 Å². The smallest absolute Gasteiger partial charge is 0.261 e. The number of carbonyl (C=O) groups excluding carboxylic acids is 2. The second kappa shape index (κ2) is 4.41. The number of likely N-dealkylation sites (N-methyl/N-ethyl adjacent to an activating group) is 1. The normalized spacial score (nSPS) is 28.9.